The number of hydrogen-bond donors (Lipinski definition) is 2. The smallest absolute Gasteiger partial charge is 0.158 e. The van der Waals surface area contributed by atoms with Crippen LogP contribution in [-0.2, 0) is 19.4 Å². The van der Waals surface area contributed by atoms with Gasteiger partial charge in [-0.15, -0.1) is 0 Å². The first-order chi connectivity index (χ1) is 9.35. The molecule has 0 atom stereocenters. The fourth-order valence-electron chi connectivity index (χ4n) is 2.30. The van der Waals surface area contributed by atoms with E-state index in [-0.39, 0.29) is 0 Å². The Morgan fingerprint density at radius 3 is 2.84 bits per heavy atom. The van der Waals surface area contributed by atoms with Gasteiger partial charge in [-0.25, -0.2) is 10.8 Å². The van der Waals surface area contributed by atoms with Crippen LogP contribution in [0, 0.1) is 0 Å². The number of ether oxygens (including phenoxy) is 1. The zero-order valence-electron chi connectivity index (χ0n) is 10.6. The highest BCUT2D eigenvalue weighted by atomic mass is 16.5. The molecule has 0 fully saturated rings. The van der Waals surface area contributed by atoms with E-state index in [1.807, 2.05) is 6.07 Å². The average Bonchev–Trinajstić information content (AvgIpc) is 2.93. The maximum absolute atomic E-state index is 5.74. The minimum atomic E-state index is 0.413. The molecule has 0 saturated heterocycles. The van der Waals surface area contributed by atoms with Gasteiger partial charge in [-0.2, -0.15) is 0 Å². The van der Waals surface area contributed by atoms with Crippen LogP contribution in [0.4, 0.5) is 5.82 Å². The van der Waals surface area contributed by atoms with Crippen molar-refractivity contribution in [3.8, 4) is 5.75 Å². The van der Waals surface area contributed by atoms with Gasteiger partial charge in [0.05, 0.1) is 18.1 Å². The van der Waals surface area contributed by atoms with Crippen molar-refractivity contribution in [1.29, 1.82) is 0 Å². The summed E-state index contributed by atoms with van der Waals surface area (Å²) in [6.45, 7) is 0.413. The van der Waals surface area contributed by atoms with Gasteiger partial charge in [-0.1, -0.05) is 6.07 Å². The molecule has 1 heterocycles. The highest BCUT2D eigenvalue weighted by molar-refractivity contribution is 5.38. The van der Waals surface area contributed by atoms with Crippen molar-refractivity contribution in [2.45, 2.75) is 25.9 Å². The first kappa shape index (κ1) is 11.9. The summed E-state index contributed by atoms with van der Waals surface area (Å²) >= 11 is 0. The van der Waals surface area contributed by atoms with Gasteiger partial charge in [0.15, 0.2) is 5.82 Å². The molecule has 1 aliphatic carbocycles. The second kappa shape index (κ2) is 5.24. The van der Waals surface area contributed by atoms with E-state index in [2.05, 4.69) is 27.5 Å². The van der Waals surface area contributed by atoms with Crippen LogP contribution in [0.3, 0.4) is 0 Å². The lowest BCUT2D eigenvalue weighted by atomic mass is 10.1. The summed E-state index contributed by atoms with van der Waals surface area (Å²) in [4.78, 5) is 8.30. The van der Waals surface area contributed by atoms with E-state index in [9.17, 15) is 0 Å². The minimum absolute atomic E-state index is 0.413. The van der Waals surface area contributed by atoms with Gasteiger partial charge < -0.3 is 10.2 Å². The Bertz CT molecular complexity index is 568. The SMILES string of the molecule is NNc1cnc(COc2ccc3c(c2)CCC3)cn1. The summed E-state index contributed by atoms with van der Waals surface area (Å²) in [6, 6.07) is 6.31. The minimum Gasteiger partial charge on any atom is -0.487 e. The van der Waals surface area contributed by atoms with Gasteiger partial charge in [0.25, 0.3) is 0 Å². The Hall–Kier alpha value is -2.14. The summed E-state index contributed by atoms with van der Waals surface area (Å²) in [6.07, 6.45) is 6.83. The Morgan fingerprint density at radius 2 is 2.05 bits per heavy atom. The number of nitrogens with two attached hydrogens (primary N) is 1. The lowest BCUT2D eigenvalue weighted by molar-refractivity contribution is 0.300. The molecule has 2 aromatic rings. The number of aryl methyl sites for hydroxylation is 2. The van der Waals surface area contributed by atoms with Crippen molar-refractivity contribution in [2.75, 3.05) is 5.43 Å². The monoisotopic (exact) mass is 256 g/mol. The molecule has 0 aliphatic heterocycles. The van der Waals surface area contributed by atoms with Gasteiger partial charge in [0.2, 0.25) is 0 Å². The van der Waals surface area contributed by atoms with Crippen LogP contribution in [0.2, 0.25) is 0 Å². The zero-order valence-corrected chi connectivity index (χ0v) is 10.6. The van der Waals surface area contributed by atoms with Crippen LogP contribution in [0.15, 0.2) is 30.6 Å². The van der Waals surface area contributed by atoms with Gasteiger partial charge in [-0.05, 0) is 42.5 Å². The number of anilines is 1. The van der Waals surface area contributed by atoms with Crippen molar-refractivity contribution in [3.63, 3.8) is 0 Å². The molecule has 98 valence electrons. The number of hydrazine groups is 1. The van der Waals surface area contributed by atoms with Gasteiger partial charge in [0, 0.05) is 0 Å². The second-order valence-electron chi connectivity index (χ2n) is 4.61. The highest BCUT2D eigenvalue weighted by Gasteiger charge is 2.11. The van der Waals surface area contributed by atoms with E-state index in [1.165, 1.54) is 24.0 Å². The number of rotatable bonds is 4. The number of benzene rings is 1. The fourth-order valence-corrected chi connectivity index (χ4v) is 2.30. The Morgan fingerprint density at radius 1 is 1.16 bits per heavy atom. The quantitative estimate of drug-likeness (QED) is 0.645. The van der Waals surface area contributed by atoms with Crippen molar-refractivity contribution in [3.05, 3.63) is 47.4 Å². The Labute approximate surface area is 111 Å². The average molecular weight is 256 g/mol. The summed E-state index contributed by atoms with van der Waals surface area (Å²) in [5, 5.41) is 0. The topological polar surface area (TPSA) is 73.1 Å². The largest absolute Gasteiger partial charge is 0.487 e. The molecule has 5 nitrogen and oxygen atoms in total. The van der Waals surface area contributed by atoms with Gasteiger partial charge in [0.1, 0.15) is 12.4 Å². The highest BCUT2D eigenvalue weighted by Crippen LogP contribution is 2.26. The Balaban J connectivity index is 1.65. The van der Waals surface area contributed by atoms with Crippen LogP contribution in [0.5, 0.6) is 5.75 Å². The molecule has 5 heteroatoms. The fraction of sp³-hybridized carbons (Fsp3) is 0.286. The van der Waals surface area contributed by atoms with Crippen LogP contribution >= 0.6 is 0 Å². The predicted octanol–water partition coefficient (Wildman–Crippen LogP) is 1.83. The summed E-state index contributed by atoms with van der Waals surface area (Å²) in [5.74, 6) is 6.67. The summed E-state index contributed by atoms with van der Waals surface area (Å²) < 4.78 is 5.74. The number of nitrogens with zero attached hydrogens (tertiary/aromatic N) is 2. The van der Waals surface area contributed by atoms with Crippen molar-refractivity contribution in [2.24, 2.45) is 5.84 Å². The molecule has 1 aromatic carbocycles. The molecule has 0 radical (unpaired) electrons. The molecule has 0 unspecified atom stereocenters. The van der Waals surface area contributed by atoms with E-state index < -0.39 is 0 Å². The van der Waals surface area contributed by atoms with Crippen molar-refractivity contribution >= 4 is 5.82 Å². The molecule has 0 bridgehead atoms. The maximum Gasteiger partial charge on any atom is 0.158 e. The Kier molecular flexibility index (Phi) is 3.29. The van der Waals surface area contributed by atoms with Crippen LogP contribution in [0.1, 0.15) is 23.2 Å². The van der Waals surface area contributed by atoms with Crippen molar-refractivity contribution in [1.82, 2.24) is 9.97 Å². The van der Waals surface area contributed by atoms with E-state index in [0.29, 0.717) is 12.4 Å². The first-order valence-corrected chi connectivity index (χ1v) is 6.37. The third-order valence-electron chi connectivity index (χ3n) is 3.31. The van der Waals surface area contributed by atoms with Gasteiger partial charge in [-0.3, -0.25) is 4.98 Å². The van der Waals surface area contributed by atoms with E-state index in [4.69, 9.17) is 10.6 Å². The molecule has 0 amide bonds. The zero-order chi connectivity index (χ0) is 13.1. The first-order valence-electron chi connectivity index (χ1n) is 6.37. The van der Waals surface area contributed by atoms with E-state index in [1.54, 1.807) is 12.4 Å². The lowest BCUT2D eigenvalue weighted by Gasteiger charge is -2.08. The van der Waals surface area contributed by atoms with Crippen LogP contribution < -0.4 is 16.0 Å². The third-order valence-corrected chi connectivity index (χ3v) is 3.31. The van der Waals surface area contributed by atoms with Crippen molar-refractivity contribution < 1.29 is 4.74 Å². The summed E-state index contributed by atoms with van der Waals surface area (Å²) in [7, 11) is 0. The molecule has 0 spiro atoms. The number of hydrogen-bond acceptors (Lipinski definition) is 5. The predicted molar refractivity (Wildman–Crippen MR) is 72.6 cm³/mol. The molecule has 0 saturated carbocycles. The van der Waals surface area contributed by atoms with E-state index in [0.717, 1.165) is 17.9 Å². The lowest BCUT2D eigenvalue weighted by Crippen LogP contribution is -2.09. The van der Waals surface area contributed by atoms with Crippen LogP contribution in [-0.4, -0.2) is 9.97 Å². The molecule has 1 aliphatic rings. The standard InChI is InChI=1S/C14H16N4O/c15-18-14-8-16-12(7-17-14)9-19-13-5-4-10-2-1-3-11(10)6-13/h4-8H,1-3,9,15H2,(H,17,18). The number of aromatic nitrogens is 2. The molecular weight excluding hydrogens is 240 g/mol. The van der Waals surface area contributed by atoms with E-state index >= 15 is 0 Å². The van der Waals surface area contributed by atoms with Crippen LogP contribution in [0.25, 0.3) is 0 Å². The second-order valence-corrected chi connectivity index (χ2v) is 4.61. The third kappa shape index (κ3) is 2.66. The number of nitrogen functional groups attached to an aromatic ring is 1. The van der Waals surface area contributed by atoms with Gasteiger partial charge >= 0.3 is 0 Å². The molecule has 3 rings (SSSR count). The number of fused-ring (bicyclic) bond motifs is 1. The number of nitrogens with one attached hydrogen (secondary N) is 1. The maximum atomic E-state index is 5.74. The molecular formula is C14H16N4O. The molecule has 19 heavy (non-hydrogen) atoms. The normalized spacial score (nSPS) is 13.1. The summed E-state index contributed by atoms with van der Waals surface area (Å²) in [5.41, 5.74) is 6.08. The molecule has 3 N–H and O–H groups in total. The molecule has 1 aromatic heterocycles.